The highest BCUT2D eigenvalue weighted by Crippen LogP contribution is 2.27. The van der Waals surface area contributed by atoms with Crippen LogP contribution >= 0.6 is 23.2 Å². The molecule has 3 rings (SSSR count). The van der Waals surface area contributed by atoms with Gasteiger partial charge in [0.2, 0.25) is 0 Å². The van der Waals surface area contributed by atoms with Crippen molar-refractivity contribution in [3.05, 3.63) is 57.6 Å². The molecule has 3 aromatic rings. The quantitative estimate of drug-likeness (QED) is 0.801. The van der Waals surface area contributed by atoms with Crippen molar-refractivity contribution in [2.75, 3.05) is 0 Å². The summed E-state index contributed by atoms with van der Waals surface area (Å²) in [4.78, 5) is 11.2. The molecule has 5 nitrogen and oxygen atoms in total. The second-order valence-corrected chi connectivity index (χ2v) is 5.28. The van der Waals surface area contributed by atoms with Crippen LogP contribution in [0, 0.1) is 0 Å². The lowest BCUT2D eigenvalue weighted by atomic mass is 10.1. The molecule has 1 heterocycles. The third-order valence-electron chi connectivity index (χ3n) is 3.12. The number of carboxylic acids is 1. The molecular weight excluding hydrogens is 313 g/mol. The summed E-state index contributed by atoms with van der Waals surface area (Å²) in [5.74, 6) is -0.976. The highest BCUT2D eigenvalue weighted by Gasteiger charge is 2.13. The van der Waals surface area contributed by atoms with Gasteiger partial charge in [0, 0.05) is 0 Å². The predicted molar refractivity (Wildman–Crippen MR) is 80.1 cm³/mol. The van der Waals surface area contributed by atoms with E-state index in [1.165, 1.54) is 0 Å². The van der Waals surface area contributed by atoms with Gasteiger partial charge in [-0.25, -0.2) is 9.48 Å². The molecule has 0 amide bonds. The maximum absolute atomic E-state index is 11.2. The second-order valence-electron chi connectivity index (χ2n) is 4.46. The lowest BCUT2D eigenvalue weighted by Gasteiger charge is -2.06. The van der Waals surface area contributed by atoms with E-state index in [-0.39, 0.29) is 12.1 Å². The van der Waals surface area contributed by atoms with Crippen molar-refractivity contribution < 1.29 is 9.90 Å². The minimum absolute atomic E-state index is 0.237. The number of benzene rings is 2. The molecular formula is C14H9Cl2N3O2. The van der Waals surface area contributed by atoms with E-state index in [0.717, 1.165) is 0 Å². The lowest BCUT2D eigenvalue weighted by molar-refractivity contribution is 0.0695. The molecule has 0 aliphatic rings. The van der Waals surface area contributed by atoms with Gasteiger partial charge in [0.1, 0.15) is 5.52 Å². The first-order valence-corrected chi connectivity index (χ1v) is 6.81. The molecule has 0 unspecified atom stereocenters. The first kappa shape index (κ1) is 13.9. The van der Waals surface area contributed by atoms with Crippen molar-refractivity contribution in [1.29, 1.82) is 0 Å². The van der Waals surface area contributed by atoms with Crippen LogP contribution in [0.1, 0.15) is 15.9 Å². The minimum atomic E-state index is -0.976. The number of rotatable bonds is 3. The number of hydrogen-bond donors (Lipinski definition) is 1. The maximum atomic E-state index is 11.2. The van der Waals surface area contributed by atoms with Crippen LogP contribution in [-0.4, -0.2) is 26.1 Å². The third kappa shape index (κ3) is 2.57. The molecule has 0 saturated heterocycles. The minimum Gasteiger partial charge on any atom is -0.478 e. The summed E-state index contributed by atoms with van der Waals surface area (Å²) in [6.45, 7) is 0.289. The van der Waals surface area contributed by atoms with Crippen molar-refractivity contribution in [3.63, 3.8) is 0 Å². The van der Waals surface area contributed by atoms with E-state index in [4.69, 9.17) is 23.2 Å². The van der Waals surface area contributed by atoms with E-state index < -0.39 is 5.97 Å². The first-order valence-electron chi connectivity index (χ1n) is 6.05. The SMILES string of the molecule is O=C(O)c1ccccc1Cn1nnc2cc(Cl)c(Cl)cc21. The van der Waals surface area contributed by atoms with E-state index in [1.807, 2.05) is 0 Å². The van der Waals surface area contributed by atoms with Crippen LogP contribution in [0.5, 0.6) is 0 Å². The average molecular weight is 322 g/mol. The third-order valence-corrected chi connectivity index (χ3v) is 3.85. The Kier molecular flexibility index (Phi) is 3.53. The van der Waals surface area contributed by atoms with Crippen molar-refractivity contribution >= 4 is 40.2 Å². The zero-order valence-corrected chi connectivity index (χ0v) is 12.1. The number of aromatic nitrogens is 3. The van der Waals surface area contributed by atoms with Gasteiger partial charge in [0.05, 0.1) is 27.7 Å². The zero-order valence-electron chi connectivity index (χ0n) is 10.6. The van der Waals surface area contributed by atoms with Crippen LogP contribution < -0.4 is 0 Å². The first-order chi connectivity index (χ1) is 10.1. The van der Waals surface area contributed by atoms with Crippen LogP contribution in [0.3, 0.4) is 0 Å². The Labute approximate surface area is 129 Å². The van der Waals surface area contributed by atoms with Gasteiger partial charge in [-0.15, -0.1) is 5.10 Å². The van der Waals surface area contributed by atoms with Gasteiger partial charge in [0.25, 0.3) is 0 Å². The number of carboxylic acid groups (broad SMARTS) is 1. The summed E-state index contributed by atoms with van der Waals surface area (Å²) < 4.78 is 1.60. The van der Waals surface area contributed by atoms with E-state index in [9.17, 15) is 9.90 Å². The second kappa shape index (κ2) is 5.35. The fraction of sp³-hybridized carbons (Fsp3) is 0.0714. The Morgan fingerprint density at radius 2 is 1.90 bits per heavy atom. The number of fused-ring (bicyclic) bond motifs is 1. The molecule has 0 bridgehead atoms. The van der Waals surface area contributed by atoms with Crippen LogP contribution in [0.2, 0.25) is 10.0 Å². The van der Waals surface area contributed by atoms with Gasteiger partial charge < -0.3 is 5.11 Å². The summed E-state index contributed by atoms with van der Waals surface area (Å²) in [7, 11) is 0. The van der Waals surface area contributed by atoms with E-state index >= 15 is 0 Å². The molecule has 2 aromatic carbocycles. The average Bonchev–Trinajstić information content (AvgIpc) is 2.82. The number of carbonyl (C=O) groups is 1. The van der Waals surface area contributed by atoms with Gasteiger partial charge in [-0.05, 0) is 23.8 Å². The molecule has 0 fully saturated rings. The molecule has 0 aliphatic heterocycles. The van der Waals surface area contributed by atoms with E-state index in [0.29, 0.717) is 26.6 Å². The van der Waals surface area contributed by atoms with Crippen molar-refractivity contribution in [2.24, 2.45) is 0 Å². The molecule has 0 aliphatic carbocycles. The Hall–Kier alpha value is -2.11. The molecule has 1 aromatic heterocycles. The largest absolute Gasteiger partial charge is 0.478 e. The van der Waals surface area contributed by atoms with Crippen LogP contribution in [-0.2, 0) is 6.54 Å². The molecule has 0 atom stereocenters. The Bertz CT molecular complexity index is 845. The van der Waals surface area contributed by atoms with Gasteiger partial charge in [-0.1, -0.05) is 46.6 Å². The van der Waals surface area contributed by atoms with E-state index in [1.54, 1.807) is 41.1 Å². The summed E-state index contributed by atoms with van der Waals surface area (Å²) in [6, 6.07) is 10.1. The topological polar surface area (TPSA) is 68.0 Å². The summed E-state index contributed by atoms with van der Waals surface area (Å²) in [5.41, 5.74) is 2.19. The fourth-order valence-electron chi connectivity index (χ4n) is 2.11. The van der Waals surface area contributed by atoms with Crippen molar-refractivity contribution in [2.45, 2.75) is 6.54 Å². The highest BCUT2D eigenvalue weighted by molar-refractivity contribution is 6.42. The van der Waals surface area contributed by atoms with Gasteiger partial charge >= 0.3 is 5.97 Å². The molecule has 21 heavy (non-hydrogen) atoms. The van der Waals surface area contributed by atoms with Gasteiger partial charge in [-0.3, -0.25) is 0 Å². The van der Waals surface area contributed by atoms with Crippen LogP contribution in [0.4, 0.5) is 0 Å². The molecule has 0 spiro atoms. The molecule has 0 saturated carbocycles. The number of nitrogens with zero attached hydrogens (tertiary/aromatic N) is 3. The smallest absolute Gasteiger partial charge is 0.336 e. The van der Waals surface area contributed by atoms with Crippen molar-refractivity contribution in [3.8, 4) is 0 Å². The monoisotopic (exact) mass is 321 g/mol. The zero-order chi connectivity index (χ0) is 15.0. The van der Waals surface area contributed by atoms with Gasteiger partial charge in [0.15, 0.2) is 0 Å². The summed E-state index contributed by atoms with van der Waals surface area (Å²) in [5, 5.41) is 18.1. The normalized spacial score (nSPS) is 11.0. The standard InChI is InChI=1S/C14H9Cl2N3O2/c15-10-5-12-13(6-11(10)16)19(18-17-12)7-8-3-1-2-4-9(8)14(20)21/h1-6H,7H2,(H,20,21). The Balaban J connectivity index is 2.07. The number of hydrogen-bond acceptors (Lipinski definition) is 3. The van der Waals surface area contributed by atoms with Crippen LogP contribution in [0.15, 0.2) is 36.4 Å². The molecule has 7 heteroatoms. The molecule has 0 radical (unpaired) electrons. The summed E-state index contributed by atoms with van der Waals surface area (Å²) in [6.07, 6.45) is 0. The molecule has 1 N–H and O–H groups in total. The number of halogens is 2. The highest BCUT2D eigenvalue weighted by atomic mass is 35.5. The maximum Gasteiger partial charge on any atom is 0.336 e. The lowest BCUT2D eigenvalue weighted by Crippen LogP contribution is -2.08. The Morgan fingerprint density at radius 3 is 2.67 bits per heavy atom. The number of aromatic carboxylic acids is 1. The van der Waals surface area contributed by atoms with E-state index in [2.05, 4.69) is 10.3 Å². The van der Waals surface area contributed by atoms with Crippen molar-refractivity contribution in [1.82, 2.24) is 15.0 Å². The Morgan fingerprint density at radius 1 is 1.19 bits per heavy atom. The van der Waals surface area contributed by atoms with Crippen LogP contribution in [0.25, 0.3) is 11.0 Å². The summed E-state index contributed by atoms with van der Waals surface area (Å²) >= 11 is 11.9. The predicted octanol–water partition coefficient (Wildman–Crippen LogP) is 3.48. The van der Waals surface area contributed by atoms with Gasteiger partial charge in [-0.2, -0.15) is 0 Å². The fourth-order valence-corrected chi connectivity index (χ4v) is 2.42. The molecule has 106 valence electrons.